The second kappa shape index (κ2) is 4.92. The molecule has 3 nitrogen and oxygen atoms in total. The number of aryl methyl sites for hydroxylation is 2. The summed E-state index contributed by atoms with van der Waals surface area (Å²) >= 11 is -0.122. The molecule has 0 saturated heterocycles. The summed E-state index contributed by atoms with van der Waals surface area (Å²) in [7, 11) is 0. The molecule has 1 aromatic heterocycles. The zero-order chi connectivity index (χ0) is 14.2. The van der Waals surface area contributed by atoms with Gasteiger partial charge in [0.15, 0.2) is 0 Å². The predicted octanol–water partition coefficient (Wildman–Crippen LogP) is 3.32. The van der Waals surface area contributed by atoms with Gasteiger partial charge < -0.3 is 10.3 Å². The predicted molar refractivity (Wildman–Crippen MR) is 67.4 cm³/mol. The van der Waals surface area contributed by atoms with Crippen molar-refractivity contribution in [2.75, 3.05) is 11.5 Å². The third kappa shape index (κ3) is 3.12. The third-order valence-electron chi connectivity index (χ3n) is 2.64. The van der Waals surface area contributed by atoms with Crippen LogP contribution in [0.2, 0.25) is 0 Å². The average Bonchev–Trinajstić information content (AvgIpc) is 2.55. The molecule has 2 aromatic rings. The number of aromatic nitrogens is 2. The molecular weight excluding hydrogens is 282 g/mol. The van der Waals surface area contributed by atoms with Crippen LogP contribution >= 0.6 is 11.8 Å². The first-order valence-corrected chi connectivity index (χ1v) is 6.39. The highest BCUT2D eigenvalue weighted by molar-refractivity contribution is 8.00. The van der Waals surface area contributed by atoms with E-state index in [9.17, 15) is 17.6 Å². The number of hydrogen-bond donors (Lipinski definition) is 1. The number of rotatable bonds is 3. The van der Waals surface area contributed by atoms with Crippen LogP contribution in [0.25, 0.3) is 11.0 Å². The van der Waals surface area contributed by atoms with E-state index in [4.69, 9.17) is 5.73 Å². The highest BCUT2D eigenvalue weighted by Gasteiger charge is 2.27. The van der Waals surface area contributed by atoms with Crippen molar-refractivity contribution in [2.45, 2.75) is 19.0 Å². The molecule has 0 aliphatic carbocycles. The molecule has 2 rings (SSSR count). The van der Waals surface area contributed by atoms with Gasteiger partial charge in [-0.3, -0.25) is 0 Å². The van der Waals surface area contributed by atoms with Crippen molar-refractivity contribution in [3.8, 4) is 0 Å². The Morgan fingerprint density at radius 3 is 2.68 bits per heavy atom. The first-order valence-electron chi connectivity index (χ1n) is 5.40. The molecule has 0 spiro atoms. The van der Waals surface area contributed by atoms with Gasteiger partial charge in [0.1, 0.15) is 5.82 Å². The number of anilines is 1. The molecule has 1 heterocycles. The second-order valence-electron chi connectivity index (χ2n) is 4.01. The van der Waals surface area contributed by atoms with Gasteiger partial charge in [0.25, 0.3) is 0 Å². The third-order valence-corrected chi connectivity index (χ3v) is 3.35. The van der Waals surface area contributed by atoms with Crippen LogP contribution in [0, 0.1) is 12.7 Å². The van der Waals surface area contributed by atoms with Crippen LogP contribution in [0.1, 0.15) is 5.56 Å². The van der Waals surface area contributed by atoms with E-state index in [1.807, 2.05) is 0 Å². The van der Waals surface area contributed by atoms with Gasteiger partial charge in [-0.15, -0.1) is 0 Å². The monoisotopic (exact) mass is 293 g/mol. The standard InChI is InChI=1S/C11H11F4N3S/c1-6-4-9-8(5-7(6)12)17-10(16)18(9)2-3-19-11(13,14)15/h4-5H,2-3H2,1H3,(H2,16,17). The molecule has 0 amide bonds. The average molecular weight is 293 g/mol. The SMILES string of the molecule is Cc1cc2c(cc1F)nc(N)n2CCSC(F)(F)F. The molecule has 0 saturated carbocycles. The fourth-order valence-electron chi connectivity index (χ4n) is 1.76. The van der Waals surface area contributed by atoms with Crippen LogP contribution < -0.4 is 5.73 Å². The highest BCUT2D eigenvalue weighted by atomic mass is 32.2. The van der Waals surface area contributed by atoms with Crippen LogP contribution in [0.4, 0.5) is 23.5 Å². The zero-order valence-corrected chi connectivity index (χ0v) is 10.8. The van der Waals surface area contributed by atoms with Gasteiger partial charge in [0.2, 0.25) is 5.95 Å². The Balaban J connectivity index is 2.27. The number of benzene rings is 1. The van der Waals surface area contributed by atoms with Gasteiger partial charge >= 0.3 is 5.51 Å². The number of imidazole rings is 1. The van der Waals surface area contributed by atoms with Gasteiger partial charge in [-0.05, 0) is 30.3 Å². The van der Waals surface area contributed by atoms with Crippen molar-refractivity contribution < 1.29 is 17.6 Å². The molecule has 19 heavy (non-hydrogen) atoms. The van der Waals surface area contributed by atoms with Gasteiger partial charge in [-0.2, -0.15) is 13.2 Å². The quantitative estimate of drug-likeness (QED) is 0.883. The number of halogens is 4. The van der Waals surface area contributed by atoms with E-state index in [0.717, 1.165) is 0 Å². The normalized spacial score (nSPS) is 12.3. The van der Waals surface area contributed by atoms with E-state index in [2.05, 4.69) is 4.98 Å². The largest absolute Gasteiger partial charge is 0.441 e. The first kappa shape index (κ1) is 14.0. The van der Waals surface area contributed by atoms with Crippen LogP contribution in [0.3, 0.4) is 0 Å². The zero-order valence-electron chi connectivity index (χ0n) is 9.96. The Hall–Kier alpha value is -1.44. The van der Waals surface area contributed by atoms with E-state index in [-0.39, 0.29) is 30.0 Å². The number of alkyl halides is 3. The Morgan fingerprint density at radius 1 is 1.37 bits per heavy atom. The maximum Gasteiger partial charge on any atom is 0.441 e. The fourth-order valence-corrected chi connectivity index (χ4v) is 2.26. The number of hydrogen-bond acceptors (Lipinski definition) is 3. The smallest absolute Gasteiger partial charge is 0.369 e. The van der Waals surface area contributed by atoms with E-state index in [0.29, 0.717) is 16.6 Å². The molecule has 2 N–H and O–H groups in total. The van der Waals surface area contributed by atoms with Crippen molar-refractivity contribution in [3.05, 3.63) is 23.5 Å². The molecule has 104 valence electrons. The summed E-state index contributed by atoms with van der Waals surface area (Å²) in [6.45, 7) is 1.64. The lowest BCUT2D eigenvalue weighted by atomic mass is 10.2. The van der Waals surface area contributed by atoms with Crippen molar-refractivity contribution >= 4 is 28.7 Å². The summed E-state index contributed by atoms with van der Waals surface area (Å²) < 4.78 is 51.0. The van der Waals surface area contributed by atoms with E-state index >= 15 is 0 Å². The van der Waals surface area contributed by atoms with Crippen LogP contribution in [-0.2, 0) is 6.54 Å². The summed E-state index contributed by atoms with van der Waals surface area (Å²) in [5.74, 6) is -0.500. The van der Waals surface area contributed by atoms with E-state index < -0.39 is 11.3 Å². The maximum absolute atomic E-state index is 13.4. The summed E-state index contributed by atoms with van der Waals surface area (Å²) in [5, 5.41) is 0. The van der Waals surface area contributed by atoms with Crippen LogP contribution in [0.5, 0.6) is 0 Å². The van der Waals surface area contributed by atoms with Crippen molar-refractivity contribution in [3.63, 3.8) is 0 Å². The number of nitrogens with zero attached hydrogens (tertiary/aromatic N) is 2. The second-order valence-corrected chi connectivity index (χ2v) is 5.17. The lowest BCUT2D eigenvalue weighted by Crippen LogP contribution is -2.09. The van der Waals surface area contributed by atoms with Crippen LogP contribution in [0.15, 0.2) is 12.1 Å². The van der Waals surface area contributed by atoms with Gasteiger partial charge in [-0.25, -0.2) is 9.37 Å². The van der Waals surface area contributed by atoms with E-state index in [1.165, 1.54) is 16.7 Å². The summed E-state index contributed by atoms with van der Waals surface area (Å²) in [6.07, 6.45) is 0. The molecule has 0 radical (unpaired) electrons. The van der Waals surface area contributed by atoms with Crippen molar-refractivity contribution in [2.24, 2.45) is 0 Å². The molecule has 0 atom stereocenters. The fraction of sp³-hybridized carbons (Fsp3) is 0.364. The number of thioether (sulfide) groups is 1. The molecular formula is C11H11F4N3S. The molecule has 0 fully saturated rings. The van der Waals surface area contributed by atoms with Crippen LogP contribution in [-0.4, -0.2) is 20.8 Å². The van der Waals surface area contributed by atoms with Gasteiger partial charge in [0.05, 0.1) is 11.0 Å². The number of nitrogen functional groups attached to an aromatic ring is 1. The minimum Gasteiger partial charge on any atom is -0.369 e. The molecule has 1 aromatic carbocycles. The molecule has 0 aliphatic heterocycles. The van der Waals surface area contributed by atoms with E-state index in [1.54, 1.807) is 6.92 Å². The topological polar surface area (TPSA) is 43.8 Å². The molecule has 0 bridgehead atoms. The Kier molecular flexibility index (Phi) is 3.62. The van der Waals surface area contributed by atoms with Crippen molar-refractivity contribution in [1.29, 1.82) is 0 Å². The lowest BCUT2D eigenvalue weighted by molar-refractivity contribution is -0.0328. The molecule has 0 unspecified atom stereocenters. The summed E-state index contributed by atoms with van der Waals surface area (Å²) in [6, 6.07) is 2.76. The maximum atomic E-state index is 13.4. The Labute approximate surface area is 110 Å². The Morgan fingerprint density at radius 2 is 2.05 bits per heavy atom. The molecule has 8 heteroatoms. The highest BCUT2D eigenvalue weighted by Crippen LogP contribution is 2.31. The molecule has 0 aliphatic rings. The first-order chi connectivity index (χ1) is 8.78. The number of fused-ring (bicyclic) bond motifs is 1. The summed E-state index contributed by atoms with van der Waals surface area (Å²) in [5.41, 5.74) is 2.66. The van der Waals surface area contributed by atoms with Gasteiger partial charge in [0, 0.05) is 18.4 Å². The van der Waals surface area contributed by atoms with Gasteiger partial charge in [-0.1, -0.05) is 0 Å². The lowest BCUT2D eigenvalue weighted by Gasteiger charge is -2.08. The summed E-state index contributed by atoms with van der Waals surface area (Å²) in [4.78, 5) is 3.94. The Bertz CT molecular complexity index is 606. The minimum atomic E-state index is -4.27. The van der Waals surface area contributed by atoms with Crippen molar-refractivity contribution in [1.82, 2.24) is 9.55 Å². The minimum absolute atomic E-state index is 0.0670. The number of nitrogens with two attached hydrogens (primary N) is 1.